The predicted octanol–water partition coefficient (Wildman–Crippen LogP) is 3.27. The number of H-pyrrole nitrogens is 1. The third-order valence-electron chi connectivity index (χ3n) is 4.53. The lowest BCUT2D eigenvalue weighted by Crippen LogP contribution is -2.43. The highest BCUT2D eigenvalue weighted by Crippen LogP contribution is 2.33. The summed E-state index contributed by atoms with van der Waals surface area (Å²) in [5, 5.41) is 0. The molecule has 1 saturated heterocycles. The molecule has 0 aliphatic carbocycles. The van der Waals surface area contributed by atoms with E-state index in [9.17, 15) is 22.8 Å². The zero-order chi connectivity index (χ0) is 18.8. The number of aromatic amines is 1. The molecule has 0 amide bonds. The fraction of sp³-hybridized carbons (Fsp3) is 0.647. The number of halogens is 3. The molecule has 1 N–H and O–H groups in total. The van der Waals surface area contributed by atoms with Gasteiger partial charge in [-0.15, -0.1) is 0 Å². The highest BCUT2D eigenvalue weighted by molar-refractivity contribution is 6.02. The monoisotopic (exact) mass is 360 g/mol. The minimum Gasteiger partial charge on any atom is -0.462 e. The van der Waals surface area contributed by atoms with Crippen LogP contribution in [0.4, 0.5) is 13.2 Å². The fourth-order valence-corrected chi connectivity index (χ4v) is 3.29. The maximum Gasteiger partial charge on any atom is 0.393 e. The molecule has 0 saturated carbocycles. The Hall–Kier alpha value is -1.83. The second kappa shape index (κ2) is 7.59. The van der Waals surface area contributed by atoms with Gasteiger partial charge in [-0.25, -0.2) is 4.79 Å². The number of nitrogens with zero attached hydrogens (tertiary/aromatic N) is 1. The van der Waals surface area contributed by atoms with E-state index in [2.05, 4.69) is 4.98 Å². The van der Waals surface area contributed by atoms with Crippen LogP contribution in [-0.4, -0.2) is 54.1 Å². The number of carbonyl (C=O) groups is 2. The van der Waals surface area contributed by atoms with E-state index in [1.165, 1.54) is 4.90 Å². The Morgan fingerprint density at radius 2 is 2.00 bits per heavy atom. The lowest BCUT2D eigenvalue weighted by Gasteiger charge is -2.33. The number of aromatic nitrogens is 1. The van der Waals surface area contributed by atoms with Crippen LogP contribution in [0.2, 0.25) is 0 Å². The highest BCUT2D eigenvalue weighted by atomic mass is 19.4. The molecule has 0 aromatic carbocycles. The van der Waals surface area contributed by atoms with Crippen LogP contribution in [0.3, 0.4) is 0 Å². The molecule has 1 aliphatic rings. The van der Waals surface area contributed by atoms with Crippen molar-refractivity contribution < 1.29 is 27.5 Å². The first kappa shape index (κ1) is 19.5. The van der Waals surface area contributed by atoms with E-state index in [1.54, 1.807) is 20.8 Å². The third-order valence-corrected chi connectivity index (χ3v) is 4.53. The van der Waals surface area contributed by atoms with E-state index >= 15 is 0 Å². The van der Waals surface area contributed by atoms with Gasteiger partial charge in [0.25, 0.3) is 0 Å². The molecule has 1 atom stereocenters. The molecule has 0 unspecified atom stereocenters. The number of piperidine rings is 1. The van der Waals surface area contributed by atoms with Crippen molar-refractivity contribution in [2.24, 2.45) is 5.92 Å². The number of ether oxygens (including phenoxy) is 1. The molecule has 0 spiro atoms. The molecule has 25 heavy (non-hydrogen) atoms. The first-order valence-electron chi connectivity index (χ1n) is 8.33. The topological polar surface area (TPSA) is 62.4 Å². The van der Waals surface area contributed by atoms with Gasteiger partial charge in [-0.1, -0.05) is 0 Å². The van der Waals surface area contributed by atoms with Crippen LogP contribution in [0, 0.1) is 19.8 Å². The molecule has 1 fully saturated rings. The largest absolute Gasteiger partial charge is 0.462 e. The number of aryl methyl sites for hydroxylation is 1. The Balaban J connectivity index is 2.11. The number of hydrogen-bond acceptors (Lipinski definition) is 4. The third kappa shape index (κ3) is 4.42. The Morgan fingerprint density at radius 3 is 2.60 bits per heavy atom. The van der Waals surface area contributed by atoms with Gasteiger partial charge in [0.05, 0.1) is 30.3 Å². The number of Topliss-reactive ketones (excluding diaryl/α,β-unsaturated/α-hetero) is 1. The average molecular weight is 360 g/mol. The molecular weight excluding hydrogens is 337 g/mol. The van der Waals surface area contributed by atoms with Crippen LogP contribution in [0.25, 0.3) is 0 Å². The second-order valence-electron chi connectivity index (χ2n) is 6.38. The van der Waals surface area contributed by atoms with Gasteiger partial charge in [-0.05, 0) is 45.7 Å². The van der Waals surface area contributed by atoms with Crippen LogP contribution in [0.5, 0.6) is 0 Å². The van der Waals surface area contributed by atoms with Crippen LogP contribution >= 0.6 is 0 Å². The summed E-state index contributed by atoms with van der Waals surface area (Å²) in [6, 6.07) is 0. The highest BCUT2D eigenvalue weighted by Gasteiger charge is 2.42. The minimum absolute atomic E-state index is 0.0990. The number of ketones is 1. The Labute approximate surface area is 144 Å². The summed E-state index contributed by atoms with van der Waals surface area (Å²) in [5.74, 6) is -2.22. The summed E-state index contributed by atoms with van der Waals surface area (Å²) in [6.07, 6.45) is -3.73. The van der Waals surface area contributed by atoms with Crippen molar-refractivity contribution in [1.82, 2.24) is 9.88 Å². The maximum absolute atomic E-state index is 12.9. The molecule has 0 radical (unpaired) electrons. The van der Waals surface area contributed by atoms with Gasteiger partial charge in [0.15, 0.2) is 5.78 Å². The summed E-state index contributed by atoms with van der Waals surface area (Å²) >= 11 is 0. The van der Waals surface area contributed by atoms with E-state index in [4.69, 9.17) is 4.74 Å². The SMILES string of the molecule is CCOC(=O)c1c(C)[nH]c(C(=O)CN2CCC[C@@H](C(F)(F)F)C2)c1C. The van der Waals surface area contributed by atoms with Gasteiger partial charge >= 0.3 is 12.1 Å². The van der Waals surface area contributed by atoms with Crippen molar-refractivity contribution in [1.29, 1.82) is 0 Å². The molecule has 140 valence electrons. The van der Waals surface area contributed by atoms with Gasteiger partial charge in [0.1, 0.15) is 0 Å². The van der Waals surface area contributed by atoms with Crippen LogP contribution < -0.4 is 0 Å². The van der Waals surface area contributed by atoms with Crippen molar-refractivity contribution in [2.75, 3.05) is 26.2 Å². The van der Waals surface area contributed by atoms with Crippen molar-refractivity contribution >= 4 is 11.8 Å². The Bertz CT molecular complexity index is 652. The summed E-state index contributed by atoms with van der Waals surface area (Å²) in [4.78, 5) is 28.9. The molecular formula is C17H23F3N2O3. The smallest absolute Gasteiger partial charge is 0.393 e. The summed E-state index contributed by atoms with van der Waals surface area (Å²) in [7, 11) is 0. The Kier molecular flexibility index (Phi) is 5.92. The molecule has 1 aromatic rings. The molecule has 5 nitrogen and oxygen atoms in total. The normalized spacial score (nSPS) is 19.0. The van der Waals surface area contributed by atoms with Crippen LogP contribution in [-0.2, 0) is 4.74 Å². The second-order valence-corrected chi connectivity index (χ2v) is 6.38. The number of rotatable bonds is 5. The van der Waals surface area contributed by atoms with E-state index in [1.807, 2.05) is 0 Å². The fourth-order valence-electron chi connectivity index (χ4n) is 3.29. The van der Waals surface area contributed by atoms with E-state index < -0.39 is 18.1 Å². The van der Waals surface area contributed by atoms with Crippen molar-refractivity contribution in [3.63, 3.8) is 0 Å². The summed E-state index contributed by atoms with van der Waals surface area (Å²) in [6.45, 7) is 5.40. The summed E-state index contributed by atoms with van der Waals surface area (Å²) in [5.41, 5.74) is 1.57. The number of esters is 1. The minimum atomic E-state index is -4.24. The van der Waals surface area contributed by atoms with E-state index in [0.717, 1.165) is 0 Å². The van der Waals surface area contributed by atoms with E-state index in [-0.39, 0.29) is 37.6 Å². The van der Waals surface area contributed by atoms with Gasteiger partial charge in [0, 0.05) is 12.2 Å². The lowest BCUT2D eigenvalue weighted by atomic mass is 9.97. The van der Waals surface area contributed by atoms with Crippen molar-refractivity contribution in [3.8, 4) is 0 Å². The number of alkyl halides is 3. The van der Waals surface area contributed by atoms with Gasteiger partial charge in [0.2, 0.25) is 0 Å². The lowest BCUT2D eigenvalue weighted by molar-refractivity contribution is -0.186. The number of likely N-dealkylation sites (tertiary alicyclic amines) is 1. The van der Waals surface area contributed by atoms with E-state index in [0.29, 0.717) is 29.8 Å². The van der Waals surface area contributed by atoms with Crippen LogP contribution in [0.1, 0.15) is 51.9 Å². The first-order valence-corrected chi connectivity index (χ1v) is 8.33. The number of hydrogen-bond donors (Lipinski definition) is 1. The maximum atomic E-state index is 12.9. The van der Waals surface area contributed by atoms with Crippen molar-refractivity contribution in [3.05, 3.63) is 22.5 Å². The number of nitrogens with one attached hydrogen (secondary N) is 1. The molecule has 0 bridgehead atoms. The Morgan fingerprint density at radius 1 is 1.32 bits per heavy atom. The average Bonchev–Trinajstić information content (AvgIpc) is 2.82. The van der Waals surface area contributed by atoms with Gasteiger partial charge < -0.3 is 9.72 Å². The molecule has 1 aromatic heterocycles. The standard InChI is InChI=1S/C17H23F3N2O3/c1-4-25-16(24)14-10(2)15(21-11(14)3)13(23)9-22-7-5-6-12(8-22)17(18,19)20/h12,21H,4-9H2,1-3H3/t12-/m1/s1. The van der Waals surface area contributed by atoms with Gasteiger partial charge in [-0.3, -0.25) is 9.69 Å². The molecule has 8 heteroatoms. The quantitative estimate of drug-likeness (QED) is 0.647. The molecule has 2 heterocycles. The predicted molar refractivity (Wildman–Crippen MR) is 85.8 cm³/mol. The molecule has 2 rings (SSSR count). The molecule has 1 aliphatic heterocycles. The summed E-state index contributed by atoms with van der Waals surface area (Å²) < 4.78 is 43.6. The zero-order valence-corrected chi connectivity index (χ0v) is 14.6. The van der Waals surface area contributed by atoms with Crippen molar-refractivity contribution in [2.45, 2.75) is 39.8 Å². The van der Waals surface area contributed by atoms with Crippen LogP contribution in [0.15, 0.2) is 0 Å². The van der Waals surface area contributed by atoms with Gasteiger partial charge in [-0.2, -0.15) is 13.2 Å². The first-order chi connectivity index (χ1) is 11.6. The number of carbonyl (C=O) groups excluding carboxylic acids is 2. The zero-order valence-electron chi connectivity index (χ0n) is 14.6.